The fraction of sp³-hybridized carbons (Fsp3) is 0.889. The number of urea groups is 1. The summed E-state index contributed by atoms with van der Waals surface area (Å²) in [5.41, 5.74) is 0. The van der Waals surface area contributed by atoms with Crippen molar-refractivity contribution >= 4 is 6.03 Å². The first-order valence-corrected chi connectivity index (χ1v) is 5.00. The Hall–Kier alpha value is -0.850. The maximum Gasteiger partial charge on any atom is 0.343 e. The van der Waals surface area contributed by atoms with Crippen LogP contribution < -0.4 is 0 Å². The van der Waals surface area contributed by atoms with Gasteiger partial charge in [-0.1, -0.05) is 0 Å². The van der Waals surface area contributed by atoms with Crippen LogP contribution in [0.2, 0.25) is 0 Å². The van der Waals surface area contributed by atoms with Crippen LogP contribution in [-0.2, 0) is 9.47 Å². The lowest BCUT2D eigenvalue weighted by Gasteiger charge is -2.17. The van der Waals surface area contributed by atoms with Gasteiger partial charge in [0.15, 0.2) is 6.29 Å². The Balaban J connectivity index is 2.18. The third-order valence-corrected chi connectivity index (χ3v) is 2.47. The average molecular weight is 218 g/mol. The van der Waals surface area contributed by atoms with Gasteiger partial charge in [0.25, 0.3) is 0 Å². The highest BCUT2D eigenvalue weighted by Crippen LogP contribution is 2.09. The Bertz CT molecular complexity index is 208. The highest BCUT2D eigenvalue weighted by Gasteiger charge is 2.26. The van der Waals surface area contributed by atoms with Gasteiger partial charge in [-0.2, -0.15) is 0 Å². The first kappa shape index (κ1) is 12.2. The summed E-state index contributed by atoms with van der Waals surface area (Å²) in [6, 6.07) is -0.318. The zero-order chi connectivity index (χ0) is 11.3. The van der Waals surface area contributed by atoms with E-state index in [2.05, 4.69) is 0 Å². The molecule has 0 spiro atoms. The van der Waals surface area contributed by atoms with Crippen molar-refractivity contribution in [1.29, 1.82) is 0 Å². The van der Waals surface area contributed by atoms with Crippen molar-refractivity contribution in [3.63, 3.8) is 0 Å². The van der Waals surface area contributed by atoms with Crippen LogP contribution in [0.5, 0.6) is 0 Å². The number of hydrogen-bond donors (Lipinski definition) is 1. The standard InChI is InChI=1S/C9H18N2O4/c1-14-8(15-2)4-3-5-10-6-7-11(13)9(10)12/h8,13H,3-7H2,1-2H3. The molecule has 0 aromatic heterocycles. The molecule has 0 bridgehead atoms. The zero-order valence-electron chi connectivity index (χ0n) is 9.18. The molecule has 1 fully saturated rings. The van der Waals surface area contributed by atoms with Crippen LogP contribution in [0.15, 0.2) is 0 Å². The molecule has 0 aliphatic carbocycles. The van der Waals surface area contributed by atoms with Crippen molar-refractivity contribution in [2.75, 3.05) is 33.9 Å². The molecule has 88 valence electrons. The Labute approximate surface area is 89.3 Å². The number of carbonyl (C=O) groups is 1. The summed E-state index contributed by atoms with van der Waals surface area (Å²) in [4.78, 5) is 12.9. The number of rotatable bonds is 6. The van der Waals surface area contributed by atoms with Gasteiger partial charge in [0.2, 0.25) is 0 Å². The van der Waals surface area contributed by atoms with Crippen LogP contribution in [0.3, 0.4) is 0 Å². The molecule has 1 saturated heterocycles. The fourth-order valence-corrected chi connectivity index (χ4v) is 1.56. The number of nitrogens with zero attached hydrogens (tertiary/aromatic N) is 2. The van der Waals surface area contributed by atoms with Crippen LogP contribution in [-0.4, -0.2) is 61.3 Å². The normalized spacial score (nSPS) is 16.9. The molecule has 1 N–H and O–H groups in total. The lowest BCUT2D eigenvalue weighted by Crippen LogP contribution is -2.31. The van der Waals surface area contributed by atoms with E-state index in [9.17, 15) is 4.79 Å². The lowest BCUT2D eigenvalue weighted by atomic mass is 10.3. The van der Waals surface area contributed by atoms with Crippen molar-refractivity contribution in [2.45, 2.75) is 19.1 Å². The summed E-state index contributed by atoms with van der Waals surface area (Å²) in [5.74, 6) is 0. The van der Waals surface area contributed by atoms with Gasteiger partial charge in [0, 0.05) is 33.7 Å². The number of hydrogen-bond acceptors (Lipinski definition) is 4. The average Bonchev–Trinajstić information content (AvgIpc) is 2.56. The van der Waals surface area contributed by atoms with Crippen LogP contribution in [0.1, 0.15) is 12.8 Å². The molecule has 0 aromatic carbocycles. The Morgan fingerprint density at radius 3 is 2.53 bits per heavy atom. The molecule has 15 heavy (non-hydrogen) atoms. The molecular weight excluding hydrogens is 200 g/mol. The lowest BCUT2D eigenvalue weighted by molar-refractivity contribution is -0.107. The van der Waals surface area contributed by atoms with Crippen LogP contribution in [0.4, 0.5) is 4.79 Å². The topological polar surface area (TPSA) is 62.2 Å². The Kier molecular flexibility index (Phi) is 4.80. The summed E-state index contributed by atoms with van der Waals surface area (Å²) in [7, 11) is 3.18. The number of ether oxygens (including phenoxy) is 2. The third kappa shape index (κ3) is 3.33. The van der Waals surface area contributed by atoms with E-state index in [4.69, 9.17) is 14.7 Å². The van der Waals surface area contributed by atoms with Crippen molar-refractivity contribution in [3.8, 4) is 0 Å². The minimum Gasteiger partial charge on any atom is -0.356 e. The van der Waals surface area contributed by atoms with Gasteiger partial charge < -0.3 is 14.4 Å². The first-order chi connectivity index (χ1) is 7.19. The highest BCUT2D eigenvalue weighted by atomic mass is 16.7. The van der Waals surface area contributed by atoms with Gasteiger partial charge in [-0.05, 0) is 6.42 Å². The molecule has 0 saturated carbocycles. The van der Waals surface area contributed by atoms with Crippen molar-refractivity contribution in [1.82, 2.24) is 9.96 Å². The number of methoxy groups -OCH3 is 2. The Morgan fingerprint density at radius 1 is 1.40 bits per heavy atom. The van der Waals surface area contributed by atoms with Gasteiger partial charge in [0.1, 0.15) is 0 Å². The molecule has 6 nitrogen and oxygen atoms in total. The van der Waals surface area contributed by atoms with Crippen molar-refractivity contribution < 1.29 is 19.5 Å². The van der Waals surface area contributed by atoms with E-state index in [1.807, 2.05) is 0 Å². The van der Waals surface area contributed by atoms with E-state index in [1.54, 1.807) is 19.1 Å². The van der Waals surface area contributed by atoms with Crippen molar-refractivity contribution in [2.24, 2.45) is 0 Å². The second-order valence-corrected chi connectivity index (χ2v) is 3.44. The van der Waals surface area contributed by atoms with E-state index < -0.39 is 0 Å². The molecule has 0 aromatic rings. The fourth-order valence-electron chi connectivity index (χ4n) is 1.56. The summed E-state index contributed by atoms with van der Waals surface area (Å²) < 4.78 is 10.1. The molecule has 0 radical (unpaired) electrons. The van der Waals surface area contributed by atoms with E-state index in [0.717, 1.165) is 17.9 Å². The minimum absolute atomic E-state index is 0.215. The molecule has 1 rings (SSSR count). The molecular formula is C9H18N2O4. The number of amides is 2. The van der Waals surface area contributed by atoms with Gasteiger partial charge >= 0.3 is 6.03 Å². The van der Waals surface area contributed by atoms with E-state index in [0.29, 0.717) is 19.6 Å². The zero-order valence-corrected chi connectivity index (χ0v) is 9.18. The van der Waals surface area contributed by atoms with Gasteiger partial charge in [-0.15, -0.1) is 0 Å². The number of hydroxylamine groups is 2. The SMILES string of the molecule is COC(CCCN1CCN(O)C1=O)OC. The van der Waals surface area contributed by atoms with Crippen LogP contribution in [0.25, 0.3) is 0 Å². The maximum atomic E-state index is 11.3. The third-order valence-electron chi connectivity index (χ3n) is 2.47. The van der Waals surface area contributed by atoms with Crippen LogP contribution >= 0.6 is 0 Å². The Morgan fingerprint density at radius 2 is 2.07 bits per heavy atom. The highest BCUT2D eigenvalue weighted by molar-refractivity contribution is 5.75. The molecule has 6 heteroatoms. The summed E-state index contributed by atoms with van der Waals surface area (Å²) in [6.45, 7) is 1.59. The van der Waals surface area contributed by atoms with Gasteiger partial charge in [-0.25, -0.2) is 9.86 Å². The molecule has 0 atom stereocenters. The maximum absolute atomic E-state index is 11.3. The van der Waals surface area contributed by atoms with E-state index >= 15 is 0 Å². The second kappa shape index (κ2) is 5.89. The minimum atomic E-state index is -0.318. The largest absolute Gasteiger partial charge is 0.356 e. The first-order valence-electron chi connectivity index (χ1n) is 5.00. The van der Waals surface area contributed by atoms with Crippen molar-refractivity contribution in [3.05, 3.63) is 0 Å². The predicted octanol–water partition coefficient (Wildman–Crippen LogP) is 0.512. The van der Waals surface area contributed by atoms with Gasteiger partial charge in [0.05, 0.1) is 6.54 Å². The van der Waals surface area contributed by atoms with Gasteiger partial charge in [-0.3, -0.25) is 5.21 Å². The predicted molar refractivity (Wildman–Crippen MR) is 52.5 cm³/mol. The second-order valence-electron chi connectivity index (χ2n) is 3.44. The number of carbonyl (C=O) groups excluding carboxylic acids is 1. The summed E-state index contributed by atoms with van der Waals surface area (Å²) >= 11 is 0. The smallest absolute Gasteiger partial charge is 0.343 e. The summed E-state index contributed by atoms with van der Waals surface area (Å²) in [6.07, 6.45) is 1.32. The van der Waals surface area contributed by atoms with E-state index in [1.165, 1.54) is 0 Å². The van der Waals surface area contributed by atoms with E-state index in [-0.39, 0.29) is 12.3 Å². The molecule has 0 unspecified atom stereocenters. The molecule has 1 aliphatic heterocycles. The van der Waals surface area contributed by atoms with Crippen LogP contribution in [0, 0.1) is 0 Å². The molecule has 1 heterocycles. The molecule has 1 aliphatic rings. The summed E-state index contributed by atoms with van der Waals surface area (Å²) in [5, 5.41) is 9.80. The monoisotopic (exact) mass is 218 g/mol. The molecule has 2 amide bonds. The quantitative estimate of drug-likeness (QED) is 0.521.